The number of anilines is 1. The predicted molar refractivity (Wildman–Crippen MR) is 103 cm³/mol. The maximum absolute atomic E-state index is 12.3. The summed E-state index contributed by atoms with van der Waals surface area (Å²) in [5.74, 6) is -0.652. The van der Waals surface area contributed by atoms with Gasteiger partial charge in [0.2, 0.25) is 0 Å². The molecule has 0 fully saturated rings. The summed E-state index contributed by atoms with van der Waals surface area (Å²) in [5.41, 5.74) is 3.16. The summed E-state index contributed by atoms with van der Waals surface area (Å²) in [6.45, 7) is 3.74. The number of amides is 1. The fourth-order valence-corrected chi connectivity index (χ4v) is 4.52. The number of rotatable bonds is 5. The van der Waals surface area contributed by atoms with Crippen molar-refractivity contribution in [3.8, 4) is 5.75 Å². The van der Waals surface area contributed by atoms with Gasteiger partial charge in [0.15, 0.2) is 6.61 Å². The Morgan fingerprint density at radius 1 is 1.19 bits per heavy atom. The van der Waals surface area contributed by atoms with E-state index in [0.29, 0.717) is 10.8 Å². The van der Waals surface area contributed by atoms with Crippen LogP contribution in [0.15, 0.2) is 18.2 Å². The van der Waals surface area contributed by atoms with E-state index in [-0.39, 0.29) is 18.1 Å². The van der Waals surface area contributed by atoms with Crippen LogP contribution < -0.4 is 10.1 Å². The smallest absolute Gasteiger partial charge is 0.339 e. The molecular formula is C20H23NO4S. The highest BCUT2D eigenvalue weighted by Gasteiger charge is 2.25. The third kappa shape index (κ3) is 4.07. The first-order chi connectivity index (χ1) is 12.5. The van der Waals surface area contributed by atoms with Crippen molar-refractivity contribution in [3.05, 3.63) is 45.3 Å². The second-order valence-electron chi connectivity index (χ2n) is 6.68. The van der Waals surface area contributed by atoms with Gasteiger partial charge in [-0.15, -0.1) is 11.3 Å². The molecule has 1 amide bonds. The van der Waals surface area contributed by atoms with Crippen LogP contribution in [0.25, 0.3) is 0 Å². The van der Waals surface area contributed by atoms with E-state index in [4.69, 9.17) is 4.74 Å². The number of hydrogen-bond donors (Lipinski definition) is 2. The molecule has 138 valence electrons. The third-order valence-electron chi connectivity index (χ3n) is 4.59. The van der Waals surface area contributed by atoms with Gasteiger partial charge in [-0.25, -0.2) is 4.79 Å². The number of carboxylic acid groups (broad SMARTS) is 1. The summed E-state index contributed by atoms with van der Waals surface area (Å²) in [7, 11) is 0. The van der Waals surface area contributed by atoms with Crippen molar-refractivity contribution in [1.29, 1.82) is 0 Å². The average Bonchev–Trinajstić information content (AvgIpc) is 2.77. The summed E-state index contributed by atoms with van der Waals surface area (Å²) < 4.78 is 5.62. The lowest BCUT2D eigenvalue weighted by Gasteiger charge is -2.10. The van der Waals surface area contributed by atoms with Gasteiger partial charge < -0.3 is 15.2 Å². The van der Waals surface area contributed by atoms with Crippen LogP contribution in [0.5, 0.6) is 5.75 Å². The van der Waals surface area contributed by atoms with Crippen molar-refractivity contribution < 1.29 is 19.4 Å². The molecule has 0 saturated heterocycles. The molecule has 2 N–H and O–H groups in total. The second-order valence-corrected chi connectivity index (χ2v) is 7.78. The molecule has 1 aliphatic carbocycles. The number of nitrogens with one attached hydrogen (secondary N) is 1. The molecule has 0 unspecified atom stereocenters. The average molecular weight is 373 g/mol. The minimum atomic E-state index is -0.977. The molecule has 3 rings (SSSR count). The molecule has 2 aromatic rings. The maximum Gasteiger partial charge on any atom is 0.339 e. The number of thiophene rings is 1. The first-order valence-electron chi connectivity index (χ1n) is 8.83. The molecule has 26 heavy (non-hydrogen) atoms. The molecule has 1 aromatic carbocycles. The van der Waals surface area contributed by atoms with Gasteiger partial charge in [-0.2, -0.15) is 0 Å². The molecule has 0 saturated carbocycles. The Labute approximate surface area is 157 Å². The maximum atomic E-state index is 12.3. The molecule has 1 aliphatic rings. The van der Waals surface area contributed by atoms with Gasteiger partial charge in [-0.1, -0.05) is 18.6 Å². The number of ether oxygens (including phenoxy) is 1. The third-order valence-corrected chi connectivity index (χ3v) is 5.80. The molecule has 0 bridgehead atoms. The Morgan fingerprint density at radius 2 is 1.96 bits per heavy atom. The Morgan fingerprint density at radius 3 is 2.73 bits per heavy atom. The topological polar surface area (TPSA) is 75.6 Å². The number of benzene rings is 1. The molecule has 5 nitrogen and oxygen atoms in total. The summed E-state index contributed by atoms with van der Waals surface area (Å²) in [4.78, 5) is 25.1. The fraction of sp³-hybridized carbons (Fsp3) is 0.400. The standard InChI is InChI=1S/C20H23NO4S/c1-12-8-9-13(2)15(10-12)25-11-17(22)21-19-18(20(23)24)14-6-4-3-5-7-16(14)26-19/h8-10H,3-7,11H2,1-2H3,(H,21,22)(H,23,24). The van der Waals surface area contributed by atoms with Gasteiger partial charge in [-0.3, -0.25) is 4.79 Å². The first-order valence-corrected chi connectivity index (χ1v) is 9.65. The van der Waals surface area contributed by atoms with Crippen LogP contribution in [0.4, 0.5) is 5.00 Å². The van der Waals surface area contributed by atoms with Crippen LogP contribution in [0.1, 0.15) is 51.2 Å². The van der Waals surface area contributed by atoms with Crippen molar-refractivity contribution in [2.75, 3.05) is 11.9 Å². The van der Waals surface area contributed by atoms with Crippen LogP contribution in [0.2, 0.25) is 0 Å². The molecule has 1 heterocycles. The number of aryl methyl sites for hydroxylation is 3. The quantitative estimate of drug-likeness (QED) is 0.764. The lowest BCUT2D eigenvalue weighted by Crippen LogP contribution is -2.21. The number of carbonyl (C=O) groups is 2. The molecule has 0 atom stereocenters. The first kappa shape index (κ1) is 18.5. The normalized spacial score (nSPS) is 13.6. The SMILES string of the molecule is Cc1ccc(C)c(OCC(=O)Nc2sc3c(c2C(=O)O)CCCCC3)c1. The fourth-order valence-electron chi connectivity index (χ4n) is 3.23. The van der Waals surface area contributed by atoms with Crippen LogP contribution in [0, 0.1) is 13.8 Å². The highest BCUT2D eigenvalue weighted by molar-refractivity contribution is 7.17. The van der Waals surface area contributed by atoms with Crippen LogP contribution >= 0.6 is 11.3 Å². The van der Waals surface area contributed by atoms with Gasteiger partial charge in [0, 0.05) is 4.88 Å². The molecule has 0 aliphatic heterocycles. The second kappa shape index (κ2) is 7.91. The van der Waals surface area contributed by atoms with Crippen molar-refractivity contribution >= 4 is 28.2 Å². The predicted octanol–water partition coefficient (Wildman–Crippen LogP) is 4.35. The number of aromatic carboxylic acids is 1. The van der Waals surface area contributed by atoms with Crippen LogP contribution in [-0.4, -0.2) is 23.6 Å². The van der Waals surface area contributed by atoms with Crippen molar-refractivity contribution in [3.63, 3.8) is 0 Å². The van der Waals surface area contributed by atoms with E-state index < -0.39 is 5.97 Å². The van der Waals surface area contributed by atoms with Crippen molar-refractivity contribution in [2.24, 2.45) is 0 Å². The highest BCUT2D eigenvalue weighted by atomic mass is 32.1. The van der Waals surface area contributed by atoms with E-state index in [1.165, 1.54) is 11.3 Å². The van der Waals surface area contributed by atoms with Crippen LogP contribution in [0.3, 0.4) is 0 Å². The molecule has 0 radical (unpaired) electrons. The van der Waals surface area contributed by atoms with E-state index in [9.17, 15) is 14.7 Å². The monoisotopic (exact) mass is 373 g/mol. The van der Waals surface area contributed by atoms with Gasteiger partial charge in [0.25, 0.3) is 5.91 Å². The van der Waals surface area contributed by atoms with E-state index in [1.807, 2.05) is 32.0 Å². The summed E-state index contributed by atoms with van der Waals surface area (Å²) in [6.07, 6.45) is 4.83. The van der Waals surface area contributed by atoms with Gasteiger partial charge in [0.05, 0.1) is 5.56 Å². The zero-order valence-corrected chi connectivity index (χ0v) is 15.9. The van der Waals surface area contributed by atoms with Crippen molar-refractivity contribution in [1.82, 2.24) is 0 Å². The van der Waals surface area contributed by atoms with Gasteiger partial charge in [-0.05, 0) is 62.3 Å². The van der Waals surface area contributed by atoms with Gasteiger partial charge >= 0.3 is 5.97 Å². The minimum absolute atomic E-state index is 0.147. The zero-order valence-electron chi connectivity index (χ0n) is 15.1. The summed E-state index contributed by atoms with van der Waals surface area (Å²) in [6, 6.07) is 5.82. The largest absolute Gasteiger partial charge is 0.483 e. The molecule has 6 heteroatoms. The Bertz CT molecular complexity index is 841. The lowest BCUT2D eigenvalue weighted by atomic mass is 10.1. The molecule has 1 aromatic heterocycles. The van der Waals surface area contributed by atoms with Crippen molar-refractivity contribution in [2.45, 2.75) is 46.0 Å². The highest BCUT2D eigenvalue weighted by Crippen LogP contribution is 2.37. The number of hydrogen-bond acceptors (Lipinski definition) is 4. The summed E-state index contributed by atoms with van der Waals surface area (Å²) in [5, 5.41) is 12.8. The van der Waals surface area contributed by atoms with Crippen LogP contribution in [-0.2, 0) is 17.6 Å². The van der Waals surface area contributed by atoms with E-state index in [2.05, 4.69) is 5.32 Å². The summed E-state index contributed by atoms with van der Waals surface area (Å²) >= 11 is 1.39. The minimum Gasteiger partial charge on any atom is -0.483 e. The van der Waals surface area contributed by atoms with E-state index in [1.54, 1.807) is 0 Å². The van der Waals surface area contributed by atoms with E-state index in [0.717, 1.165) is 53.7 Å². The molecule has 0 spiro atoms. The number of fused-ring (bicyclic) bond motifs is 1. The van der Waals surface area contributed by atoms with Gasteiger partial charge in [0.1, 0.15) is 10.8 Å². The lowest BCUT2D eigenvalue weighted by molar-refractivity contribution is -0.118. The Hall–Kier alpha value is -2.34. The van der Waals surface area contributed by atoms with E-state index >= 15 is 0 Å². The number of carbonyl (C=O) groups excluding carboxylic acids is 1. The molecular weight excluding hydrogens is 350 g/mol. The zero-order chi connectivity index (χ0) is 18.7. The Kier molecular flexibility index (Phi) is 5.61. The number of carboxylic acids is 1. The Balaban J connectivity index is 1.73.